The highest BCUT2D eigenvalue weighted by molar-refractivity contribution is 7.18. The van der Waals surface area contributed by atoms with E-state index in [0.717, 1.165) is 37.0 Å². The van der Waals surface area contributed by atoms with E-state index in [1.54, 1.807) is 22.2 Å². The molecule has 0 N–H and O–H groups in total. The number of nitrogens with zero attached hydrogens (tertiary/aromatic N) is 3. The predicted octanol–water partition coefficient (Wildman–Crippen LogP) is 4.47. The van der Waals surface area contributed by atoms with Gasteiger partial charge in [0.1, 0.15) is 4.83 Å². The Morgan fingerprint density at radius 2 is 1.97 bits per heavy atom. The molecule has 0 bridgehead atoms. The average molecular weight is 418 g/mol. The first-order chi connectivity index (χ1) is 14.5. The molecule has 0 aliphatic carbocycles. The molecule has 0 saturated heterocycles. The zero-order valence-corrected chi connectivity index (χ0v) is 17.9. The molecule has 0 saturated carbocycles. The van der Waals surface area contributed by atoms with Gasteiger partial charge in [-0.3, -0.25) is 14.2 Å². The number of rotatable bonds is 3. The van der Waals surface area contributed by atoms with Crippen molar-refractivity contribution < 1.29 is 4.79 Å². The summed E-state index contributed by atoms with van der Waals surface area (Å²) in [6.07, 6.45) is 2.35. The van der Waals surface area contributed by atoms with Gasteiger partial charge in [-0.1, -0.05) is 50.2 Å². The van der Waals surface area contributed by atoms with Gasteiger partial charge >= 0.3 is 0 Å². The van der Waals surface area contributed by atoms with E-state index in [9.17, 15) is 9.59 Å². The Kier molecular flexibility index (Phi) is 4.66. The van der Waals surface area contributed by atoms with Crippen LogP contribution in [0.3, 0.4) is 0 Å². The lowest BCUT2D eigenvalue weighted by Gasteiger charge is -2.27. The molecule has 3 heterocycles. The predicted molar refractivity (Wildman–Crippen MR) is 121 cm³/mol. The van der Waals surface area contributed by atoms with Crippen LogP contribution in [-0.2, 0) is 19.5 Å². The summed E-state index contributed by atoms with van der Waals surface area (Å²) in [5.41, 5.74) is 1.85. The number of hydrogen-bond donors (Lipinski definition) is 0. The van der Waals surface area contributed by atoms with Crippen LogP contribution in [0.15, 0.2) is 53.6 Å². The number of carbonyl (C=O) groups excluding carboxylic acids is 1. The molecule has 2 aromatic carbocycles. The lowest BCUT2D eigenvalue weighted by Crippen LogP contribution is -2.35. The molecule has 30 heavy (non-hydrogen) atoms. The van der Waals surface area contributed by atoms with Crippen molar-refractivity contribution in [3.8, 4) is 0 Å². The van der Waals surface area contributed by atoms with Gasteiger partial charge in [0.15, 0.2) is 0 Å². The Labute approximate surface area is 178 Å². The van der Waals surface area contributed by atoms with Crippen LogP contribution in [0.4, 0.5) is 0 Å². The number of fused-ring (bicyclic) bond motifs is 4. The van der Waals surface area contributed by atoms with E-state index in [1.807, 2.05) is 47.4 Å². The zero-order valence-electron chi connectivity index (χ0n) is 17.1. The minimum Gasteiger partial charge on any atom is -0.333 e. The van der Waals surface area contributed by atoms with Crippen LogP contribution in [0.1, 0.15) is 34.6 Å². The molecule has 1 amide bonds. The summed E-state index contributed by atoms with van der Waals surface area (Å²) in [6.45, 7) is 5.99. The number of benzene rings is 2. The summed E-state index contributed by atoms with van der Waals surface area (Å²) in [6, 6.07) is 13.8. The third-order valence-electron chi connectivity index (χ3n) is 5.70. The highest BCUT2D eigenvalue weighted by atomic mass is 32.1. The Morgan fingerprint density at radius 1 is 1.17 bits per heavy atom. The second-order valence-corrected chi connectivity index (χ2v) is 9.37. The van der Waals surface area contributed by atoms with Gasteiger partial charge in [0, 0.05) is 23.5 Å². The maximum atomic E-state index is 13.3. The van der Waals surface area contributed by atoms with Crippen molar-refractivity contribution in [2.24, 2.45) is 5.92 Å². The van der Waals surface area contributed by atoms with E-state index in [2.05, 4.69) is 18.8 Å². The normalized spacial score (nSPS) is 13.9. The molecule has 0 radical (unpaired) electrons. The molecule has 5 rings (SSSR count). The van der Waals surface area contributed by atoms with Crippen LogP contribution in [0.2, 0.25) is 0 Å². The fourth-order valence-electron chi connectivity index (χ4n) is 4.30. The van der Waals surface area contributed by atoms with Gasteiger partial charge in [-0.15, -0.1) is 11.3 Å². The summed E-state index contributed by atoms with van der Waals surface area (Å²) >= 11 is 1.54. The molecular weight excluding hydrogens is 394 g/mol. The number of carbonyl (C=O) groups is 1. The van der Waals surface area contributed by atoms with Gasteiger partial charge in [-0.2, -0.15) is 0 Å². The van der Waals surface area contributed by atoms with Gasteiger partial charge in [0.25, 0.3) is 11.5 Å². The average Bonchev–Trinajstić information content (AvgIpc) is 3.13. The molecule has 1 aliphatic rings. The Morgan fingerprint density at radius 3 is 2.80 bits per heavy atom. The van der Waals surface area contributed by atoms with Gasteiger partial charge in [0.2, 0.25) is 0 Å². The number of amides is 1. The summed E-state index contributed by atoms with van der Waals surface area (Å²) in [5.74, 6) is 0.422. The molecule has 0 fully saturated rings. The molecule has 2 aromatic heterocycles. The third-order valence-corrected chi connectivity index (χ3v) is 6.82. The highest BCUT2D eigenvalue weighted by Crippen LogP contribution is 2.33. The second-order valence-electron chi connectivity index (χ2n) is 8.28. The van der Waals surface area contributed by atoms with Crippen molar-refractivity contribution in [3.63, 3.8) is 0 Å². The van der Waals surface area contributed by atoms with Crippen LogP contribution < -0.4 is 5.56 Å². The number of thiophene rings is 1. The van der Waals surface area contributed by atoms with Crippen LogP contribution in [0.25, 0.3) is 21.0 Å². The van der Waals surface area contributed by atoms with Crippen molar-refractivity contribution in [3.05, 3.63) is 75.1 Å². The van der Waals surface area contributed by atoms with E-state index in [0.29, 0.717) is 32.0 Å². The van der Waals surface area contributed by atoms with E-state index < -0.39 is 0 Å². The number of hydrogen-bond acceptors (Lipinski definition) is 4. The first kappa shape index (κ1) is 19.0. The summed E-state index contributed by atoms with van der Waals surface area (Å²) < 4.78 is 1.72. The molecule has 0 spiro atoms. The van der Waals surface area contributed by atoms with Crippen molar-refractivity contribution in [2.75, 3.05) is 6.54 Å². The zero-order chi connectivity index (χ0) is 20.8. The van der Waals surface area contributed by atoms with E-state index in [4.69, 9.17) is 0 Å². The molecule has 4 aromatic rings. The van der Waals surface area contributed by atoms with Crippen molar-refractivity contribution in [1.29, 1.82) is 0 Å². The summed E-state index contributed by atoms with van der Waals surface area (Å²) in [7, 11) is 0. The quantitative estimate of drug-likeness (QED) is 0.494. The fraction of sp³-hybridized carbons (Fsp3) is 0.292. The van der Waals surface area contributed by atoms with Gasteiger partial charge in [-0.05, 0) is 34.7 Å². The van der Waals surface area contributed by atoms with Crippen LogP contribution in [0, 0.1) is 5.92 Å². The lowest BCUT2D eigenvalue weighted by molar-refractivity contribution is 0.0739. The van der Waals surface area contributed by atoms with Crippen molar-refractivity contribution >= 4 is 38.2 Å². The minimum absolute atomic E-state index is 0.0417. The molecule has 6 heteroatoms. The van der Waals surface area contributed by atoms with Crippen LogP contribution >= 0.6 is 11.3 Å². The van der Waals surface area contributed by atoms with Crippen LogP contribution in [-0.4, -0.2) is 26.9 Å². The van der Waals surface area contributed by atoms with Crippen molar-refractivity contribution in [1.82, 2.24) is 14.5 Å². The Hall–Kier alpha value is -2.99. The molecule has 1 aliphatic heterocycles. The molecule has 152 valence electrons. The Balaban J connectivity index is 1.51. The number of aromatic nitrogens is 2. The third kappa shape index (κ3) is 3.12. The smallest absolute Gasteiger partial charge is 0.262 e. The van der Waals surface area contributed by atoms with E-state index in [-0.39, 0.29) is 11.5 Å². The SMILES string of the molecule is CC(C)Cn1cnc2sc3c(c2c1=O)CCN(C(=O)c1cccc2ccccc12)C3. The van der Waals surface area contributed by atoms with Crippen LogP contribution in [0.5, 0.6) is 0 Å². The highest BCUT2D eigenvalue weighted by Gasteiger charge is 2.27. The first-order valence-corrected chi connectivity index (χ1v) is 11.1. The standard InChI is InChI=1S/C24H23N3O2S/c1-15(2)12-27-14-25-22-21(24(27)29)19-10-11-26(13-20(19)30-22)23(28)18-9-5-7-16-6-3-4-8-17(16)18/h3-9,14-15H,10-13H2,1-2H3. The minimum atomic E-state index is 0.0417. The largest absolute Gasteiger partial charge is 0.333 e. The first-order valence-electron chi connectivity index (χ1n) is 10.3. The fourth-order valence-corrected chi connectivity index (χ4v) is 5.49. The van der Waals surface area contributed by atoms with Crippen molar-refractivity contribution in [2.45, 2.75) is 33.4 Å². The van der Waals surface area contributed by atoms with E-state index >= 15 is 0 Å². The monoisotopic (exact) mass is 417 g/mol. The maximum Gasteiger partial charge on any atom is 0.262 e. The maximum absolute atomic E-state index is 13.3. The summed E-state index contributed by atoms with van der Waals surface area (Å²) in [5, 5.41) is 2.79. The molecular formula is C24H23N3O2S. The van der Waals surface area contributed by atoms with Gasteiger partial charge < -0.3 is 4.90 Å². The van der Waals surface area contributed by atoms with E-state index in [1.165, 1.54) is 0 Å². The molecule has 0 atom stereocenters. The molecule has 0 unspecified atom stereocenters. The Bertz CT molecular complexity index is 1330. The van der Waals surface area contributed by atoms with Gasteiger partial charge in [-0.25, -0.2) is 4.98 Å². The lowest BCUT2D eigenvalue weighted by atomic mass is 10.0. The topological polar surface area (TPSA) is 55.2 Å². The van der Waals surface area contributed by atoms with Gasteiger partial charge in [0.05, 0.1) is 18.3 Å². The second kappa shape index (κ2) is 7.36. The summed E-state index contributed by atoms with van der Waals surface area (Å²) in [4.78, 5) is 34.7. The molecule has 5 nitrogen and oxygen atoms in total.